The summed E-state index contributed by atoms with van der Waals surface area (Å²) >= 11 is 0. The van der Waals surface area contributed by atoms with Crippen LogP contribution in [0.3, 0.4) is 0 Å². The van der Waals surface area contributed by atoms with E-state index >= 15 is 0 Å². The lowest BCUT2D eigenvalue weighted by atomic mass is 10.2. The van der Waals surface area contributed by atoms with E-state index in [1.807, 2.05) is 13.0 Å². The summed E-state index contributed by atoms with van der Waals surface area (Å²) in [5.74, 6) is 0.482. The molecule has 0 atom stereocenters. The number of rotatable bonds is 7. The third-order valence-corrected chi connectivity index (χ3v) is 4.83. The van der Waals surface area contributed by atoms with Crippen molar-refractivity contribution < 1.29 is 22.7 Å². The van der Waals surface area contributed by atoms with Gasteiger partial charge in [-0.2, -0.15) is 0 Å². The minimum atomic E-state index is -3.89. The number of amides is 1. The summed E-state index contributed by atoms with van der Waals surface area (Å²) in [6.45, 7) is 5.38. The highest BCUT2D eigenvalue weighted by molar-refractivity contribution is 7.92. The summed E-state index contributed by atoms with van der Waals surface area (Å²) in [5.41, 5.74) is 1.51. The number of aryl methyl sites for hydroxylation is 1. The maximum absolute atomic E-state index is 12.8. The van der Waals surface area contributed by atoms with Crippen molar-refractivity contribution in [2.75, 3.05) is 23.8 Å². The van der Waals surface area contributed by atoms with Crippen molar-refractivity contribution in [3.63, 3.8) is 0 Å². The van der Waals surface area contributed by atoms with Crippen LogP contribution in [0.4, 0.5) is 11.4 Å². The second kappa shape index (κ2) is 8.09. The highest BCUT2D eigenvalue weighted by Gasteiger charge is 2.19. The van der Waals surface area contributed by atoms with E-state index in [1.165, 1.54) is 32.2 Å². The lowest BCUT2D eigenvalue weighted by Gasteiger charge is -2.15. The van der Waals surface area contributed by atoms with Crippen molar-refractivity contribution in [1.82, 2.24) is 0 Å². The molecule has 2 rings (SSSR count). The van der Waals surface area contributed by atoms with E-state index in [0.717, 1.165) is 5.56 Å². The van der Waals surface area contributed by atoms with Gasteiger partial charge in [0.1, 0.15) is 11.5 Å². The van der Waals surface area contributed by atoms with Gasteiger partial charge in [-0.1, -0.05) is 6.07 Å². The lowest BCUT2D eigenvalue weighted by Crippen LogP contribution is -2.15. The molecule has 0 saturated carbocycles. The Hall–Kier alpha value is -2.74. The molecule has 140 valence electrons. The van der Waals surface area contributed by atoms with Crippen LogP contribution in [0, 0.1) is 6.92 Å². The molecule has 26 heavy (non-hydrogen) atoms. The summed E-state index contributed by atoms with van der Waals surface area (Å²) in [5, 5.41) is 2.59. The smallest absolute Gasteiger partial charge is 0.262 e. The van der Waals surface area contributed by atoms with Gasteiger partial charge < -0.3 is 14.8 Å². The van der Waals surface area contributed by atoms with Crippen LogP contribution in [0.1, 0.15) is 19.4 Å². The normalized spacial score (nSPS) is 10.9. The molecule has 0 aliphatic rings. The summed E-state index contributed by atoms with van der Waals surface area (Å²) in [6.07, 6.45) is 0. The standard InChI is InChI=1S/C18H22N2O5S/c1-5-25-18-9-7-14(11-15(18)19-13(3)21)26(22,23)20-16-10-12(2)6-8-17(16)24-4/h6-11,20H,5H2,1-4H3,(H,19,21). The van der Waals surface area contributed by atoms with Gasteiger partial charge in [-0.3, -0.25) is 9.52 Å². The predicted octanol–water partition coefficient (Wildman–Crippen LogP) is 3.16. The van der Waals surface area contributed by atoms with Crippen molar-refractivity contribution in [3.8, 4) is 11.5 Å². The van der Waals surface area contributed by atoms with Crippen molar-refractivity contribution in [2.45, 2.75) is 25.7 Å². The zero-order valence-electron chi connectivity index (χ0n) is 15.1. The van der Waals surface area contributed by atoms with E-state index in [9.17, 15) is 13.2 Å². The molecule has 7 nitrogen and oxygen atoms in total. The predicted molar refractivity (Wildman–Crippen MR) is 100 cm³/mol. The molecule has 0 aliphatic carbocycles. The minimum absolute atomic E-state index is 0.00624. The molecule has 2 N–H and O–H groups in total. The molecular formula is C18H22N2O5S. The van der Waals surface area contributed by atoms with Crippen LogP contribution < -0.4 is 19.5 Å². The quantitative estimate of drug-likeness (QED) is 0.772. The third-order valence-electron chi connectivity index (χ3n) is 3.47. The molecule has 1 amide bonds. The first-order valence-electron chi connectivity index (χ1n) is 7.98. The van der Waals surface area contributed by atoms with Crippen LogP contribution in [0.15, 0.2) is 41.3 Å². The van der Waals surface area contributed by atoms with Crippen LogP contribution in [0.2, 0.25) is 0 Å². The molecule has 2 aromatic carbocycles. The number of anilines is 2. The number of nitrogens with one attached hydrogen (secondary N) is 2. The van der Waals surface area contributed by atoms with Crippen LogP contribution in [0.25, 0.3) is 0 Å². The second-order valence-electron chi connectivity index (χ2n) is 5.58. The molecule has 0 spiro atoms. The Morgan fingerprint density at radius 3 is 2.38 bits per heavy atom. The van der Waals surface area contributed by atoms with E-state index in [-0.39, 0.29) is 10.8 Å². The lowest BCUT2D eigenvalue weighted by molar-refractivity contribution is -0.114. The van der Waals surface area contributed by atoms with E-state index < -0.39 is 10.0 Å². The van der Waals surface area contributed by atoms with Gasteiger partial charge in [0.15, 0.2) is 0 Å². The Balaban J connectivity index is 2.42. The summed E-state index contributed by atoms with van der Waals surface area (Å²) < 4.78 is 38.7. The maximum atomic E-state index is 12.8. The van der Waals surface area contributed by atoms with E-state index in [1.54, 1.807) is 19.1 Å². The molecule has 0 aromatic heterocycles. The van der Waals surface area contributed by atoms with E-state index in [4.69, 9.17) is 9.47 Å². The highest BCUT2D eigenvalue weighted by Crippen LogP contribution is 2.31. The largest absolute Gasteiger partial charge is 0.495 e. The molecule has 8 heteroatoms. The number of ether oxygens (including phenoxy) is 2. The van der Waals surface area contributed by atoms with Gasteiger partial charge in [0.25, 0.3) is 10.0 Å². The Kier molecular flexibility index (Phi) is 6.10. The number of carbonyl (C=O) groups is 1. The molecule has 0 bridgehead atoms. The van der Waals surface area contributed by atoms with Gasteiger partial charge in [-0.25, -0.2) is 8.42 Å². The molecule has 0 saturated heterocycles. The van der Waals surface area contributed by atoms with Gasteiger partial charge in [-0.15, -0.1) is 0 Å². The SMILES string of the molecule is CCOc1ccc(S(=O)(=O)Nc2cc(C)ccc2OC)cc1NC(C)=O. The van der Waals surface area contributed by atoms with Crippen molar-refractivity contribution in [2.24, 2.45) is 0 Å². The summed E-state index contributed by atoms with van der Waals surface area (Å²) in [6, 6.07) is 9.48. The molecule has 0 unspecified atom stereocenters. The van der Waals surface area contributed by atoms with Gasteiger partial charge in [0, 0.05) is 6.92 Å². The molecular weight excluding hydrogens is 356 g/mol. The number of methoxy groups -OCH3 is 1. The Morgan fingerprint density at radius 2 is 1.77 bits per heavy atom. The third kappa shape index (κ3) is 4.66. The van der Waals surface area contributed by atoms with Crippen molar-refractivity contribution >= 4 is 27.3 Å². The fraction of sp³-hybridized carbons (Fsp3) is 0.278. The number of hydrogen-bond acceptors (Lipinski definition) is 5. The van der Waals surface area contributed by atoms with Crippen LogP contribution in [0.5, 0.6) is 11.5 Å². The minimum Gasteiger partial charge on any atom is -0.495 e. The second-order valence-corrected chi connectivity index (χ2v) is 7.26. The Bertz CT molecular complexity index is 910. The zero-order chi connectivity index (χ0) is 19.3. The number of carbonyl (C=O) groups excluding carboxylic acids is 1. The van der Waals surface area contributed by atoms with E-state index in [0.29, 0.717) is 29.5 Å². The zero-order valence-corrected chi connectivity index (χ0v) is 15.9. The monoisotopic (exact) mass is 378 g/mol. The summed E-state index contributed by atoms with van der Waals surface area (Å²) in [4.78, 5) is 11.4. The maximum Gasteiger partial charge on any atom is 0.262 e. The Morgan fingerprint density at radius 1 is 1.08 bits per heavy atom. The van der Waals surface area contributed by atoms with E-state index in [2.05, 4.69) is 10.0 Å². The van der Waals surface area contributed by atoms with Gasteiger partial charge >= 0.3 is 0 Å². The summed E-state index contributed by atoms with van der Waals surface area (Å²) in [7, 11) is -2.42. The number of benzene rings is 2. The molecule has 0 heterocycles. The first kappa shape index (κ1) is 19.6. The molecule has 0 aliphatic heterocycles. The average Bonchev–Trinajstić information content (AvgIpc) is 2.56. The van der Waals surface area contributed by atoms with Crippen LogP contribution >= 0.6 is 0 Å². The topological polar surface area (TPSA) is 93.7 Å². The number of hydrogen-bond donors (Lipinski definition) is 2. The van der Waals surface area contributed by atoms with Crippen LogP contribution in [-0.2, 0) is 14.8 Å². The highest BCUT2D eigenvalue weighted by atomic mass is 32.2. The first-order chi connectivity index (χ1) is 12.3. The average molecular weight is 378 g/mol. The molecule has 0 fully saturated rings. The fourth-order valence-corrected chi connectivity index (χ4v) is 3.44. The Labute approximate surface area is 153 Å². The van der Waals surface area contributed by atoms with Gasteiger partial charge in [0.05, 0.1) is 30.0 Å². The van der Waals surface area contributed by atoms with Crippen LogP contribution in [-0.4, -0.2) is 28.0 Å². The van der Waals surface area contributed by atoms with Crippen molar-refractivity contribution in [1.29, 1.82) is 0 Å². The molecule has 2 aromatic rings. The van der Waals surface area contributed by atoms with Gasteiger partial charge in [0.2, 0.25) is 5.91 Å². The van der Waals surface area contributed by atoms with Crippen molar-refractivity contribution in [3.05, 3.63) is 42.0 Å². The van der Waals surface area contributed by atoms with Gasteiger partial charge in [-0.05, 0) is 49.7 Å². The molecule has 0 radical (unpaired) electrons. The number of sulfonamides is 1. The fourth-order valence-electron chi connectivity index (χ4n) is 2.35. The first-order valence-corrected chi connectivity index (χ1v) is 9.47.